The topological polar surface area (TPSA) is 85.4 Å². The van der Waals surface area contributed by atoms with Crippen LogP contribution in [0.4, 0.5) is 10.5 Å². The fraction of sp³-hybridized carbons (Fsp3) is 0.471. The van der Waals surface area contributed by atoms with Crippen LogP contribution >= 0.6 is 11.3 Å². The molecule has 2 heterocycles. The number of carbonyl (C=O) groups is 1. The molecule has 0 spiro atoms. The van der Waals surface area contributed by atoms with Crippen LogP contribution in [-0.2, 0) is 17.7 Å². The number of nitrogens with zero attached hydrogens (tertiary/aromatic N) is 2. The Hall–Kier alpha value is -2.19. The van der Waals surface area contributed by atoms with Crippen LogP contribution in [0.5, 0.6) is 5.75 Å². The second kappa shape index (κ2) is 8.77. The summed E-state index contributed by atoms with van der Waals surface area (Å²) in [6, 6.07) is 7.02. The standard InChI is InChI=1S/C17H22N4O3S/c1-2-15-20-21-16(25-15)10-18-17(22)19-12-5-7-13(8-6-12)24-11-14-4-3-9-23-14/h5-8,14H,2-4,9-11H2,1H3,(H2,18,19,22). The molecule has 0 saturated carbocycles. The Morgan fingerprint density at radius 1 is 1.32 bits per heavy atom. The van der Waals surface area contributed by atoms with Crippen molar-refractivity contribution in [3.8, 4) is 5.75 Å². The maximum Gasteiger partial charge on any atom is 0.319 e. The molecule has 3 rings (SSSR count). The van der Waals surface area contributed by atoms with Crippen LogP contribution in [0.25, 0.3) is 0 Å². The molecule has 1 aromatic carbocycles. The number of urea groups is 1. The monoisotopic (exact) mass is 362 g/mol. The van der Waals surface area contributed by atoms with Gasteiger partial charge in [0, 0.05) is 12.3 Å². The molecule has 0 radical (unpaired) electrons. The Balaban J connectivity index is 1.41. The summed E-state index contributed by atoms with van der Waals surface area (Å²) in [4.78, 5) is 11.9. The number of hydrogen-bond acceptors (Lipinski definition) is 6. The van der Waals surface area contributed by atoms with Crippen molar-refractivity contribution < 1.29 is 14.3 Å². The molecule has 0 aliphatic carbocycles. The van der Waals surface area contributed by atoms with Crippen molar-refractivity contribution in [1.82, 2.24) is 15.5 Å². The molecular formula is C17H22N4O3S. The van der Waals surface area contributed by atoms with E-state index in [4.69, 9.17) is 9.47 Å². The average molecular weight is 362 g/mol. The number of anilines is 1. The van der Waals surface area contributed by atoms with E-state index in [0.29, 0.717) is 18.8 Å². The van der Waals surface area contributed by atoms with Crippen molar-refractivity contribution in [3.05, 3.63) is 34.3 Å². The molecule has 1 saturated heterocycles. The van der Waals surface area contributed by atoms with E-state index in [-0.39, 0.29) is 12.1 Å². The zero-order valence-corrected chi connectivity index (χ0v) is 15.0. The molecule has 2 amide bonds. The maximum atomic E-state index is 11.9. The van der Waals surface area contributed by atoms with E-state index in [2.05, 4.69) is 20.8 Å². The van der Waals surface area contributed by atoms with Gasteiger partial charge in [-0.1, -0.05) is 18.3 Å². The van der Waals surface area contributed by atoms with Gasteiger partial charge >= 0.3 is 6.03 Å². The lowest BCUT2D eigenvalue weighted by Gasteiger charge is -2.12. The third-order valence-corrected chi connectivity index (χ3v) is 4.85. The van der Waals surface area contributed by atoms with E-state index < -0.39 is 0 Å². The van der Waals surface area contributed by atoms with Crippen LogP contribution in [0.15, 0.2) is 24.3 Å². The van der Waals surface area contributed by atoms with E-state index in [1.54, 1.807) is 0 Å². The van der Waals surface area contributed by atoms with Gasteiger partial charge < -0.3 is 20.1 Å². The number of nitrogens with one attached hydrogen (secondary N) is 2. The lowest BCUT2D eigenvalue weighted by molar-refractivity contribution is 0.0679. The summed E-state index contributed by atoms with van der Waals surface area (Å²) in [5, 5.41) is 15.4. The number of benzene rings is 1. The van der Waals surface area contributed by atoms with Gasteiger partial charge in [0.15, 0.2) is 0 Å². The molecular weight excluding hydrogens is 340 g/mol. The first-order chi connectivity index (χ1) is 12.2. The van der Waals surface area contributed by atoms with Crippen molar-refractivity contribution in [2.24, 2.45) is 0 Å². The van der Waals surface area contributed by atoms with Crippen molar-refractivity contribution in [3.63, 3.8) is 0 Å². The second-order valence-corrected chi connectivity index (χ2v) is 6.87. The smallest absolute Gasteiger partial charge is 0.319 e. The number of aromatic nitrogens is 2. The summed E-state index contributed by atoms with van der Waals surface area (Å²) in [6.07, 6.45) is 3.19. The van der Waals surface area contributed by atoms with Gasteiger partial charge in [-0.15, -0.1) is 10.2 Å². The highest BCUT2D eigenvalue weighted by atomic mass is 32.1. The van der Waals surface area contributed by atoms with Crippen LogP contribution in [0.2, 0.25) is 0 Å². The highest BCUT2D eigenvalue weighted by Gasteiger charge is 2.15. The van der Waals surface area contributed by atoms with Gasteiger partial charge in [0.1, 0.15) is 22.4 Å². The van der Waals surface area contributed by atoms with Crippen molar-refractivity contribution in [1.29, 1.82) is 0 Å². The molecule has 2 aromatic rings. The normalized spacial score (nSPS) is 16.6. The third-order valence-electron chi connectivity index (χ3n) is 3.78. The minimum absolute atomic E-state index is 0.192. The third kappa shape index (κ3) is 5.40. The summed E-state index contributed by atoms with van der Waals surface area (Å²) >= 11 is 1.51. The lowest BCUT2D eigenvalue weighted by atomic mass is 10.2. The zero-order valence-electron chi connectivity index (χ0n) is 14.2. The largest absolute Gasteiger partial charge is 0.491 e. The van der Waals surface area contributed by atoms with E-state index in [1.807, 2.05) is 31.2 Å². The highest BCUT2D eigenvalue weighted by molar-refractivity contribution is 7.11. The molecule has 1 aliphatic rings. The summed E-state index contributed by atoms with van der Waals surface area (Å²) in [5.41, 5.74) is 0.702. The van der Waals surface area contributed by atoms with E-state index in [1.165, 1.54) is 11.3 Å². The molecule has 134 valence electrons. The Morgan fingerprint density at radius 2 is 2.12 bits per heavy atom. The van der Waals surface area contributed by atoms with E-state index in [0.717, 1.165) is 41.6 Å². The van der Waals surface area contributed by atoms with Crippen LogP contribution in [0, 0.1) is 0 Å². The molecule has 2 N–H and O–H groups in total. The van der Waals surface area contributed by atoms with Gasteiger partial charge in [0.05, 0.1) is 12.6 Å². The molecule has 0 bridgehead atoms. The second-order valence-electron chi connectivity index (χ2n) is 5.72. The van der Waals surface area contributed by atoms with E-state index >= 15 is 0 Å². The van der Waals surface area contributed by atoms with Crippen LogP contribution in [0.1, 0.15) is 29.8 Å². The number of ether oxygens (including phenoxy) is 2. The van der Waals surface area contributed by atoms with Crippen molar-refractivity contribution in [2.45, 2.75) is 38.8 Å². The molecule has 25 heavy (non-hydrogen) atoms. The fourth-order valence-electron chi connectivity index (χ4n) is 2.43. The first-order valence-electron chi connectivity index (χ1n) is 8.43. The van der Waals surface area contributed by atoms with Crippen LogP contribution in [0.3, 0.4) is 0 Å². The van der Waals surface area contributed by atoms with Gasteiger partial charge in [-0.05, 0) is 43.5 Å². The predicted octanol–water partition coefficient (Wildman–Crippen LogP) is 2.98. The minimum atomic E-state index is -0.277. The average Bonchev–Trinajstić information content (AvgIpc) is 3.31. The Morgan fingerprint density at radius 3 is 2.80 bits per heavy atom. The number of rotatable bonds is 7. The predicted molar refractivity (Wildman–Crippen MR) is 96.1 cm³/mol. The van der Waals surface area contributed by atoms with Gasteiger partial charge in [0.25, 0.3) is 0 Å². The Labute approximate surface area is 150 Å². The quantitative estimate of drug-likeness (QED) is 0.791. The van der Waals surface area contributed by atoms with Crippen LogP contribution < -0.4 is 15.4 Å². The number of carbonyl (C=O) groups excluding carboxylic acids is 1. The summed E-state index contributed by atoms with van der Waals surface area (Å²) in [6.45, 7) is 3.78. The van der Waals surface area contributed by atoms with Crippen molar-refractivity contribution >= 4 is 23.1 Å². The van der Waals surface area contributed by atoms with Crippen molar-refractivity contribution in [2.75, 3.05) is 18.5 Å². The first kappa shape index (κ1) is 17.6. The molecule has 1 atom stereocenters. The highest BCUT2D eigenvalue weighted by Crippen LogP contribution is 2.18. The van der Waals surface area contributed by atoms with Gasteiger partial charge in [-0.25, -0.2) is 4.79 Å². The molecule has 1 fully saturated rings. The molecule has 1 aliphatic heterocycles. The summed E-state index contributed by atoms with van der Waals surface area (Å²) in [7, 11) is 0. The molecule has 1 unspecified atom stereocenters. The number of aryl methyl sites for hydroxylation is 1. The Bertz CT molecular complexity index is 683. The van der Waals surface area contributed by atoms with Crippen LogP contribution in [-0.4, -0.2) is 35.5 Å². The van der Waals surface area contributed by atoms with Gasteiger partial charge in [0.2, 0.25) is 0 Å². The van der Waals surface area contributed by atoms with Gasteiger partial charge in [-0.3, -0.25) is 0 Å². The molecule has 1 aromatic heterocycles. The summed E-state index contributed by atoms with van der Waals surface area (Å²) < 4.78 is 11.2. The maximum absolute atomic E-state index is 11.9. The number of hydrogen-bond donors (Lipinski definition) is 2. The minimum Gasteiger partial charge on any atom is -0.491 e. The molecule has 7 nitrogen and oxygen atoms in total. The fourth-order valence-corrected chi connectivity index (χ4v) is 3.16. The summed E-state index contributed by atoms with van der Waals surface area (Å²) in [5.74, 6) is 0.766. The lowest BCUT2D eigenvalue weighted by Crippen LogP contribution is -2.28. The van der Waals surface area contributed by atoms with E-state index in [9.17, 15) is 4.79 Å². The first-order valence-corrected chi connectivity index (χ1v) is 9.25. The number of amides is 2. The zero-order chi connectivity index (χ0) is 17.5. The molecule has 8 heteroatoms. The van der Waals surface area contributed by atoms with Gasteiger partial charge in [-0.2, -0.15) is 0 Å². The Kier molecular flexibility index (Phi) is 6.19. The SMILES string of the molecule is CCc1nnc(CNC(=O)Nc2ccc(OCC3CCCO3)cc2)s1.